The molecule has 0 aliphatic heterocycles. The van der Waals surface area contributed by atoms with Crippen LogP contribution in [0, 0.1) is 5.41 Å². The van der Waals surface area contributed by atoms with Crippen LogP contribution in [0.1, 0.15) is 55.8 Å². The molecule has 0 saturated heterocycles. The monoisotopic (exact) mass is 344 g/mol. The first-order chi connectivity index (χ1) is 12.2. The lowest BCUT2D eigenvalue weighted by atomic mass is 9.83. The molecule has 1 saturated carbocycles. The number of rotatable bonds is 8. The summed E-state index contributed by atoms with van der Waals surface area (Å²) in [5.74, 6) is 0.836. The summed E-state index contributed by atoms with van der Waals surface area (Å²) in [4.78, 5) is 16.3. The molecule has 138 valence electrons. The van der Waals surface area contributed by atoms with Gasteiger partial charge in [0.05, 0.1) is 0 Å². The van der Waals surface area contributed by atoms with Crippen LogP contribution < -0.4 is 16.0 Å². The molecule has 5 heteroatoms. The molecule has 0 atom stereocenters. The van der Waals surface area contributed by atoms with Crippen molar-refractivity contribution in [1.29, 1.82) is 0 Å². The van der Waals surface area contributed by atoms with E-state index in [1.54, 1.807) is 7.05 Å². The van der Waals surface area contributed by atoms with Crippen LogP contribution in [0.5, 0.6) is 0 Å². The molecule has 0 unspecified atom stereocenters. The number of nitrogens with zero attached hydrogens (tertiary/aromatic N) is 1. The van der Waals surface area contributed by atoms with Crippen molar-refractivity contribution >= 4 is 11.9 Å². The Morgan fingerprint density at radius 1 is 1.08 bits per heavy atom. The van der Waals surface area contributed by atoms with Crippen molar-refractivity contribution in [1.82, 2.24) is 16.0 Å². The van der Waals surface area contributed by atoms with E-state index >= 15 is 0 Å². The van der Waals surface area contributed by atoms with Crippen LogP contribution in [0.4, 0.5) is 0 Å². The van der Waals surface area contributed by atoms with E-state index in [0.29, 0.717) is 17.5 Å². The maximum Gasteiger partial charge on any atom is 0.251 e. The van der Waals surface area contributed by atoms with Crippen molar-refractivity contribution in [2.75, 3.05) is 26.7 Å². The zero-order valence-corrected chi connectivity index (χ0v) is 15.6. The largest absolute Gasteiger partial charge is 0.356 e. The second-order valence-electron chi connectivity index (χ2n) is 6.89. The third-order valence-corrected chi connectivity index (χ3v) is 5.24. The van der Waals surface area contributed by atoms with Crippen LogP contribution in [0.25, 0.3) is 0 Å². The van der Waals surface area contributed by atoms with Gasteiger partial charge in [-0.1, -0.05) is 38.0 Å². The molecule has 1 amide bonds. The highest BCUT2D eigenvalue weighted by molar-refractivity contribution is 5.94. The predicted octanol–water partition coefficient (Wildman–Crippen LogP) is 2.94. The zero-order chi connectivity index (χ0) is 18.0. The van der Waals surface area contributed by atoms with Gasteiger partial charge in [0.2, 0.25) is 0 Å². The molecule has 0 heterocycles. The molecule has 0 spiro atoms. The number of hydrogen-bond acceptors (Lipinski definition) is 2. The maximum atomic E-state index is 11.9. The van der Waals surface area contributed by atoms with Crippen LogP contribution in [0.3, 0.4) is 0 Å². The fourth-order valence-electron chi connectivity index (χ4n) is 3.46. The van der Waals surface area contributed by atoms with Gasteiger partial charge in [-0.15, -0.1) is 0 Å². The summed E-state index contributed by atoms with van der Waals surface area (Å²) in [6, 6.07) is 9.31. The summed E-state index contributed by atoms with van der Waals surface area (Å²) in [7, 11) is 1.81. The molecular formula is C20H32N4O. The third-order valence-electron chi connectivity index (χ3n) is 5.24. The Balaban J connectivity index is 1.62. The lowest BCUT2D eigenvalue weighted by Gasteiger charge is -2.28. The van der Waals surface area contributed by atoms with Gasteiger partial charge in [-0.05, 0) is 43.2 Å². The highest BCUT2D eigenvalue weighted by Gasteiger charge is 2.31. The molecule has 2 rings (SSSR count). The standard InChI is InChI=1S/C20H32N4O/c1-3-20(12-7-8-13-20)16-24-19(21-2)23-15-9-14-22-18(25)17-10-5-4-6-11-17/h4-6,10-11H,3,7-9,12-16H2,1-2H3,(H,22,25)(H2,21,23,24). The van der Waals surface area contributed by atoms with Gasteiger partial charge in [0.25, 0.3) is 5.91 Å². The Morgan fingerprint density at radius 2 is 1.76 bits per heavy atom. The molecule has 1 aliphatic rings. The van der Waals surface area contributed by atoms with Crippen molar-refractivity contribution in [3.8, 4) is 0 Å². The van der Waals surface area contributed by atoms with Crippen molar-refractivity contribution in [2.24, 2.45) is 10.4 Å². The molecule has 1 aromatic rings. The predicted molar refractivity (Wildman–Crippen MR) is 104 cm³/mol. The van der Waals surface area contributed by atoms with Gasteiger partial charge < -0.3 is 16.0 Å². The molecule has 5 nitrogen and oxygen atoms in total. The fraction of sp³-hybridized carbons (Fsp3) is 0.600. The first-order valence-electron chi connectivity index (χ1n) is 9.47. The molecule has 0 radical (unpaired) electrons. The molecule has 1 fully saturated rings. The van der Waals surface area contributed by atoms with E-state index < -0.39 is 0 Å². The summed E-state index contributed by atoms with van der Waals surface area (Å²) < 4.78 is 0. The zero-order valence-electron chi connectivity index (χ0n) is 15.6. The van der Waals surface area contributed by atoms with Crippen LogP contribution in [0.2, 0.25) is 0 Å². The van der Waals surface area contributed by atoms with E-state index in [-0.39, 0.29) is 5.91 Å². The van der Waals surface area contributed by atoms with E-state index in [4.69, 9.17) is 0 Å². The van der Waals surface area contributed by atoms with Crippen molar-refractivity contribution in [3.63, 3.8) is 0 Å². The van der Waals surface area contributed by atoms with Crippen molar-refractivity contribution in [2.45, 2.75) is 45.4 Å². The summed E-state index contributed by atoms with van der Waals surface area (Å²) in [6.07, 6.45) is 7.42. The maximum absolute atomic E-state index is 11.9. The molecule has 1 aliphatic carbocycles. The van der Waals surface area contributed by atoms with Gasteiger partial charge in [-0.25, -0.2) is 0 Å². The van der Waals surface area contributed by atoms with Crippen LogP contribution >= 0.6 is 0 Å². The summed E-state index contributed by atoms with van der Waals surface area (Å²) in [5.41, 5.74) is 1.15. The Hall–Kier alpha value is -2.04. The van der Waals surface area contributed by atoms with Gasteiger partial charge in [-0.3, -0.25) is 9.79 Å². The number of guanidine groups is 1. The molecule has 0 bridgehead atoms. The second kappa shape index (κ2) is 10.1. The lowest BCUT2D eigenvalue weighted by molar-refractivity contribution is 0.0953. The van der Waals surface area contributed by atoms with Crippen LogP contribution in [0.15, 0.2) is 35.3 Å². The van der Waals surface area contributed by atoms with Gasteiger partial charge in [-0.2, -0.15) is 0 Å². The second-order valence-corrected chi connectivity index (χ2v) is 6.89. The summed E-state index contributed by atoms with van der Waals surface area (Å²) >= 11 is 0. The lowest BCUT2D eigenvalue weighted by Crippen LogP contribution is -2.43. The smallest absolute Gasteiger partial charge is 0.251 e. The molecule has 3 N–H and O–H groups in total. The Kier molecular flexibility index (Phi) is 7.76. The Bertz CT molecular complexity index is 550. The fourth-order valence-corrected chi connectivity index (χ4v) is 3.46. The number of carbonyl (C=O) groups excluding carboxylic acids is 1. The average Bonchev–Trinajstić information content (AvgIpc) is 3.14. The van der Waals surface area contributed by atoms with Gasteiger partial charge in [0, 0.05) is 32.2 Å². The topological polar surface area (TPSA) is 65.5 Å². The molecule has 1 aromatic carbocycles. The number of aliphatic imine (C=N–C) groups is 1. The summed E-state index contributed by atoms with van der Waals surface area (Å²) in [5, 5.41) is 9.76. The minimum Gasteiger partial charge on any atom is -0.356 e. The highest BCUT2D eigenvalue weighted by atomic mass is 16.1. The van der Waals surface area contributed by atoms with E-state index in [2.05, 4.69) is 27.9 Å². The van der Waals surface area contributed by atoms with Crippen LogP contribution in [-0.2, 0) is 0 Å². The summed E-state index contributed by atoms with van der Waals surface area (Å²) in [6.45, 7) is 4.72. The average molecular weight is 345 g/mol. The van der Waals surface area contributed by atoms with Gasteiger partial charge in [0.1, 0.15) is 0 Å². The minimum absolute atomic E-state index is 0.0192. The highest BCUT2D eigenvalue weighted by Crippen LogP contribution is 2.40. The Labute approximate surface area is 151 Å². The Morgan fingerprint density at radius 3 is 2.40 bits per heavy atom. The van der Waals surface area contributed by atoms with E-state index in [1.807, 2.05) is 30.3 Å². The third kappa shape index (κ3) is 6.07. The first kappa shape index (κ1) is 19.3. The van der Waals surface area contributed by atoms with E-state index in [0.717, 1.165) is 25.5 Å². The van der Waals surface area contributed by atoms with E-state index in [9.17, 15) is 4.79 Å². The number of hydrogen-bond donors (Lipinski definition) is 3. The van der Waals surface area contributed by atoms with Crippen molar-refractivity contribution in [3.05, 3.63) is 35.9 Å². The minimum atomic E-state index is -0.0192. The molecule has 0 aromatic heterocycles. The van der Waals surface area contributed by atoms with Crippen LogP contribution in [-0.4, -0.2) is 38.5 Å². The number of benzene rings is 1. The van der Waals surface area contributed by atoms with Crippen molar-refractivity contribution < 1.29 is 4.79 Å². The number of amides is 1. The normalized spacial score (nSPS) is 16.5. The SMILES string of the molecule is CCC1(CNC(=NC)NCCCNC(=O)c2ccccc2)CCCC1. The van der Waals surface area contributed by atoms with E-state index in [1.165, 1.54) is 32.1 Å². The number of carbonyl (C=O) groups is 1. The first-order valence-corrected chi connectivity index (χ1v) is 9.47. The quantitative estimate of drug-likeness (QED) is 0.386. The molecular weight excluding hydrogens is 312 g/mol. The van der Waals surface area contributed by atoms with Gasteiger partial charge in [0.15, 0.2) is 5.96 Å². The molecule has 25 heavy (non-hydrogen) atoms. The number of nitrogens with one attached hydrogen (secondary N) is 3. The van der Waals surface area contributed by atoms with Gasteiger partial charge >= 0.3 is 0 Å².